The fraction of sp³-hybridized carbons (Fsp3) is 0.667. The molecule has 0 unspecified atom stereocenters. The second kappa shape index (κ2) is 6.06. The Balaban J connectivity index is 1.32. The maximum Gasteiger partial charge on any atom is 0.243 e. The summed E-state index contributed by atoms with van der Waals surface area (Å²) in [5, 5.41) is 6.26. The lowest BCUT2D eigenvalue weighted by Gasteiger charge is -2.36. The van der Waals surface area contributed by atoms with E-state index in [4.69, 9.17) is 4.52 Å². The highest BCUT2D eigenvalue weighted by Gasteiger charge is 2.31. The minimum Gasteiger partial charge on any atom is -0.338 e. The molecule has 2 aliphatic rings. The van der Waals surface area contributed by atoms with E-state index in [-0.39, 0.29) is 6.04 Å². The molecule has 0 aromatic carbocycles. The zero-order chi connectivity index (χ0) is 14.9. The lowest BCUT2D eigenvalue weighted by atomic mass is 10.2. The first-order valence-electron chi connectivity index (χ1n) is 7.96. The third-order valence-electron chi connectivity index (χ3n) is 4.58. The standard InChI is InChI=1S/C15H21N5OS/c1-11(15-17-14(18-21-15)12-2-3-12)20-6-4-19(5-7-20)8-13-9-22-10-16-13/h9-12H,2-8H2,1H3/t11-/m0/s1. The summed E-state index contributed by atoms with van der Waals surface area (Å²) in [6.07, 6.45) is 2.42. The van der Waals surface area contributed by atoms with Crippen molar-refractivity contribution in [3.05, 3.63) is 28.3 Å². The number of piperazine rings is 1. The summed E-state index contributed by atoms with van der Waals surface area (Å²) >= 11 is 1.66. The molecule has 1 aliphatic carbocycles. The Morgan fingerprint density at radius 3 is 2.82 bits per heavy atom. The van der Waals surface area contributed by atoms with Crippen LogP contribution in [0.5, 0.6) is 0 Å². The monoisotopic (exact) mass is 319 g/mol. The summed E-state index contributed by atoms with van der Waals surface area (Å²) in [7, 11) is 0. The second-order valence-corrected chi connectivity index (χ2v) is 6.95. The van der Waals surface area contributed by atoms with Gasteiger partial charge in [-0.3, -0.25) is 9.80 Å². The predicted octanol–water partition coefficient (Wildman–Crippen LogP) is 2.28. The van der Waals surface area contributed by atoms with Crippen molar-refractivity contribution in [1.82, 2.24) is 24.9 Å². The summed E-state index contributed by atoms with van der Waals surface area (Å²) < 4.78 is 5.47. The Labute approximate surface area is 134 Å². The van der Waals surface area contributed by atoms with Crippen molar-refractivity contribution < 1.29 is 4.52 Å². The van der Waals surface area contributed by atoms with Gasteiger partial charge in [0.05, 0.1) is 17.2 Å². The van der Waals surface area contributed by atoms with Gasteiger partial charge in [-0.1, -0.05) is 5.16 Å². The second-order valence-electron chi connectivity index (χ2n) is 6.23. The van der Waals surface area contributed by atoms with Crippen LogP contribution in [-0.2, 0) is 6.54 Å². The van der Waals surface area contributed by atoms with Crippen molar-refractivity contribution in [2.45, 2.75) is 38.3 Å². The maximum atomic E-state index is 5.47. The first-order chi connectivity index (χ1) is 10.8. The minimum atomic E-state index is 0.210. The smallest absolute Gasteiger partial charge is 0.243 e. The van der Waals surface area contributed by atoms with Gasteiger partial charge in [0.25, 0.3) is 0 Å². The van der Waals surface area contributed by atoms with Crippen molar-refractivity contribution in [2.24, 2.45) is 0 Å². The molecule has 1 saturated heterocycles. The average molecular weight is 319 g/mol. The van der Waals surface area contributed by atoms with Crippen LogP contribution in [0.1, 0.15) is 49.1 Å². The molecule has 1 saturated carbocycles. The fourth-order valence-electron chi connectivity index (χ4n) is 2.93. The third kappa shape index (κ3) is 3.06. The number of aromatic nitrogens is 3. The van der Waals surface area contributed by atoms with Crippen LogP contribution in [0.15, 0.2) is 15.4 Å². The van der Waals surface area contributed by atoms with E-state index in [1.807, 2.05) is 5.51 Å². The molecule has 4 rings (SSSR count). The molecule has 7 heteroatoms. The first kappa shape index (κ1) is 14.3. The van der Waals surface area contributed by atoms with E-state index in [0.29, 0.717) is 5.92 Å². The van der Waals surface area contributed by atoms with Gasteiger partial charge in [0.15, 0.2) is 5.82 Å². The van der Waals surface area contributed by atoms with Gasteiger partial charge in [-0.15, -0.1) is 11.3 Å². The molecule has 6 nitrogen and oxygen atoms in total. The predicted molar refractivity (Wildman–Crippen MR) is 83.7 cm³/mol. The fourth-order valence-corrected chi connectivity index (χ4v) is 3.48. The highest BCUT2D eigenvalue weighted by atomic mass is 32.1. The van der Waals surface area contributed by atoms with E-state index >= 15 is 0 Å². The molecule has 2 aromatic rings. The highest BCUT2D eigenvalue weighted by molar-refractivity contribution is 7.07. The van der Waals surface area contributed by atoms with Crippen molar-refractivity contribution >= 4 is 11.3 Å². The van der Waals surface area contributed by atoms with Crippen molar-refractivity contribution in [1.29, 1.82) is 0 Å². The van der Waals surface area contributed by atoms with Crippen LogP contribution in [-0.4, -0.2) is 51.1 Å². The molecule has 3 heterocycles. The zero-order valence-corrected chi connectivity index (χ0v) is 13.6. The molecule has 2 aromatic heterocycles. The normalized spacial score (nSPS) is 22.0. The molecule has 1 aliphatic heterocycles. The van der Waals surface area contributed by atoms with Gasteiger partial charge in [0.1, 0.15) is 0 Å². The van der Waals surface area contributed by atoms with E-state index in [2.05, 4.69) is 37.2 Å². The van der Waals surface area contributed by atoms with Crippen molar-refractivity contribution in [2.75, 3.05) is 26.2 Å². The van der Waals surface area contributed by atoms with Gasteiger partial charge in [0.2, 0.25) is 5.89 Å². The van der Waals surface area contributed by atoms with Crippen LogP contribution in [0, 0.1) is 0 Å². The summed E-state index contributed by atoms with van der Waals surface area (Å²) in [4.78, 5) is 13.8. The summed E-state index contributed by atoms with van der Waals surface area (Å²) in [5.74, 6) is 2.23. The number of hydrogen-bond donors (Lipinski definition) is 0. The zero-order valence-electron chi connectivity index (χ0n) is 12.8. The van der Waals surface area contributed by atoms with Crippen molar-refractivity contribution in [3.63, 3.8) is 0 Å². The quantitative estimate of drug-likeness (QED) is 0.843. The molecular formula is C15H21N5OS. The number of nitrogens with zero attached hydrogens (tertiary/aromatic N) is 5. The lowest BCUT2D eigenvalue weighted by Crippen LogP contribution is -2.46. The third-order valence-corrected chi connectivity index (χ3v) is 5.22. The van der Waals surface area contributed by atoms with Gasteiger partial charge in [0, 0.05) is 44.0 Å². The van der Waals surface area contributed by atoms with Gasteiger partial charge in [-0.25, -0.2) is 4.98 Å². The molecule has 0 bridgehead atoms. The largest absolute Gasteiger partial charge is 0.338 e. The molecule has 118 valence electrons. The number of thiazole rings is 1. The molecule has 0 radical (unpaired) electrons. The summed E-state index contributed by atoms with van der Waals surface area (Å²) in [6.45, 7) is 7.31. The van der Waals surface area contributed by atoms with Crippen LogP contribution in [0.3, 0.4) is 0 Å². The van der Waals surface area contributed by atoms with E-state index in [9.17, 15) is 0 Å². The number of hydrogen-bond acceptors (Lipinski definition) is 7. The Kier molecular flexibility index (Phi) is 3.94. The van der Waals surface area contributed by atoms with Crippen LogP contribution in [0.4, 0.5) is 0 Å². The Hall–Kier alpha value is -1.31. The van der Waals surface area contributed by atoms with Gasteiger partial charge in [-0.05, 0) is 19.8 Å². The SMILES string of the molecule is C[C@@H](c1nc(C2CC2)no1)N1CCN(Cc2cscn2)CC1. The van der Waals surface area contributed by atoms with E-state index in [1.54, 1.807) is 11.3 Å². The lowest BCUT2D eigenvalue weighted by molar-refractivity contribution is 0.0839. The van der Waals surface area contributed by atoms with E-state index in [0.717, 1.165) is 44.4 Å². The van der Waals surface area contributed by atoms with Crippen molar-refractivity contribution in [3.8, 4) is 0 Å². The average Bonchev–Trinajstić information content (AvgIpc) is 3.06. The number of rotatable bonds is 5. The topological polar surface area (TPSA) is 58.3 Å². The van der Waals surface area contributed by atoms with Crippen LogP contribution in [0.2, 0.25) is 0 Å². The van der Waals surface area contributed by atoms with Gasteiger partial charge >= 0.3 is 0 Å². The summed E-state index contributed by atoms with van der Waals surface area (Å²) in [5.41, 5.74) is 3.08. The molecular weight excluding hydrogens is 298 g/mol. The molecule has 2 fully saturated rings. The summed E-state index contributed by atoms with van der Waals surface area (Å²) in [6, 6.07) is 0.210. The molecule has 22 heavy (non-hydrogen) atoms. The van der Waals surface area contributed by atoms with E-state index in [1.165, 1.54) is 18.5 Å². The van der Waals surface area contributed by atoms with Crippen LogP contribution in [0.25, 0.3) is 0 Å². The molecule has 0 amide bonds. The molecule has 0 N–H and O–H groups in total. The highest BCUT2D eigenvalue weighted by Crippen LogP contribution is 2.38. The minimum absolute atomic E-state index is 0.210. The first-order valence-corrected chi connectivity index (χ1v) is 8.91. The molecule has 1 atom stereocenters. The Morgan fingerprint density at radius 1 is 1.32 bits per heavy atom. The van der Waals surface area contributed by atoms with Gasteiger partial charge < -0.3 is 4.52 Å². The van der Waals surface area contributed by atoms with Gasteiger partial charge in [-0.2, -0.15) is 4.98 Å². The maximum absolute atomic E-state index is 5.47. The van der Waals surface area contributed by atoms with Crippen LogP contribution < -0.4 is 0 Å². The Morgan fingerprint density at radius 2 is 2.14 bits per heavy atom. The Bertz CT molecular complexity index is 601. The molecule has 0 spiro atoms. The van der Waals surface area contributed by atoms with E-state index < -0.39 is 0 Å². The van der Waals surface area contributed by atoms with Crippen LogP contribution >= 0.6 is 11.3 Å².